The average Bonchev–Trinajstić information content (AvgIpc) is 2.68. The zero-order valence-electron chi connectivity index (χ0n) is 8.23. The van der Waals surface area contributed by atoms with Gasteiger partial charge in [0.05, 0.1) is 17.4 Å². The summed E-state index contributed by atoms with van der Waals surface area (Å²) in [4.78, 5) is 3.89. The van der Waals surface area contributed by atoms with Gasteiger partial charge < -0.3 is 9.52 Å². The van der Waals surface area contributed by atoms with Gasteiger partial charge in [0.2, 0.25) is 0 Å². The van der Waals surface area contributed by atoms with E-state index in [1.807, 2.05) is 0 Å². The molecule has 0 aromatic carbocycles. The Morgan fingerprint density at radius 3 is 2.94 bits per heavy atom. The highest BCUT2D eigenvalue weighted by molar-refractivity contribution is 9.10. The van der Waals surface area contributed by atoms with Crippen LogP contribution >= 0.6 is 27.5 Å². The molecule has 16 heavy (non-hydrogen) atoms. The van der Waals surface area contributed by atoms with Gasteiger partial charge in [0, 0.05) is 24.4 Å². The maximum atomic E-state index is 10.00. The zero-order valence-corrected chi connectivity index (χ0v) is 10.6. The van der Waals surface area contributed by atoms with Crippen molar-refractivity contribution in [1.82, 2.24) is 4.98 Å². The van der Waals surface area contributed by atoms with Gasteiger partial charge in [0.1, 0.15) is 0 Å². The van der Waals surface area contributed by atoms with Gasteiger partial charge in [-0.05, 0) is 33.6 Å². The van der Waals surface area contributed by atoms with E-state index < -0.39 is 6.10 Å². The van der Waals surface area contributed by atoms with Gasteiger partial charge in [0.15, 0.2) is 4.67 Å². The Kier molecular flexibility index (Phi) is 3.63. The van der Waals surface area contributed by atoms with Crippen LogP contribution in [0.25, 0.3) is 0 Å². The Labute approximate surface area is 106 Å². The molecule has 2 rings (SSSR count). The van der Waals surface area contributed by atoms with Crippen molar-refractivity contribution in [1.29, 1.82) is 0 Å². The molecule has 84 valence electrons. The summed E-state index contributed by atoms with van der Waals surface area (Å²) in [6, 6.07) is 3.52. The van der Waals surface area contributed by atoms with E-state index in [1.54, 1.807) is 24.5 Å². The predicted octanol–water partition coefficient (Wildman–Crippen LogP) is 3.37. The molecule has 0 aliphatic rings. The van der Waals surface area contributed by atoms with Crippen LogP contribution < -0.4 is 0 Å². The fourth-order valence-corrected chi connectivity index (χ4v) is 2.13. The third-order valence-electron chi connectivity index (χ3n) is 2.27. The minimum atomic E-state index is -0.645. The standard InChI is InChI=1S/C11H9BrClNO2/c12-11-8(2-4-16-11)10(15)5-7-1-3-14-6-9(7)13/h1-4,6,10,15H,5H2. The van der Waals surface area contributed by atoms with Crippen molar-refractivity contribution in [2.75, 3.05) is 0 Å². The molecule has 0 radical (unpaired) electrons. The molecular weight excluding hydrogens is 293 g/mol. The zero-order chi connectivity index (χ0) is 11.5. The first-order chi connectivity index (χ1) is 7.68. The molecule has 0 aliphatic heterocycles. The molecule has 2 heterocycles. The van der Waals surface area contributed by atoms with E-state index in [0.29, 0.717) is 21.7 Å². The maximum Gasteiger partial charge on any atom is 0.174 e. The van der Waals surface area contributed by atoms with E-state index in [2.05, 4.69) is 20.9 Å². The van der Waals surface area contributed by atoms with Crippen molar-refractivity contribution in [3.8, 4) is 0 Å². The van der Waals surface area contributed by atoms with Crippen molar-refractivity contribution in [2.24, 2.45) is 0 Å². The first-order valence-electron chi connectivity index (χ1n) is 4.68. The largest absolute Gasteiger partial charge is 0.457 e. The van der Waals surface area contributed by atoms with E-state index in [9.17, 15) is 5.11 Å². The number of aliphatic hydroxyl groups excluding tert-OH is 1. The van der Waals surface area contributed by atoms with Crippen molar-refractivity contribution < 1.29 is 9.52 Å². The minimum absolute atomic E-state index is 0.430. The van der Waals surface area contributed by atoms with E-state index >= 15 is 0 Å². The number of rotatable bonds is 3. The molecule has 5 heteroatoms. The van der Waals surface area contributed by atoms with Crippen molar-refractivity contribution in [3.05, 3.63) is 51.6 Å². The Balaban J connectivity index is 2.17. The molecule has 0 fully saturated rings. The molecule has 0 bridgehead atoms. The number of nitrogens with zero attached hydrogens (tertiary/aromatic N) is 1. The number of hydrogen-bond donors (Lipinski definition) is 1. The van der Waals surface area contributed by atoms with E-state index in [4.69, 9.17) is 16.0 Å². The van der Waals surface area contributed by atoms with Gasteiger partial charge in [-0.1, -0.05) is 11.6 Å². The smallest absolute Gasteiger partial charge is 0.174 e. The Morgan fingerprint density at radius 1 is 1.50 bits per heavy atom. The maximum absolute atomic E-state index is 10.00. The van der Waals surface area contributed by atoms with Crippen LogP contribution in [-0.4, -0.2) is 10.1 Å². The van der Waals surface area contributed by atoms with Crippen molar-refractivity contribution in [3.63, 3.8) is 0 Å². The SMILES string of the molecule is OC(Cc1ccncc1Cl)c1ccoc1Br. The first-order valence-corrected chi connectivity index (χ1v) is 5.85. The topological polar surface area (TPSA) is 46.3 Å². The third-order valence-corrected chi connectivity index (χ3v) is 3.26. The van der Waals surface area contributed by atoms with Crippen LogP contribution in [0.15, 0.2) is 39.9 Å². The van der Waals surface area contributed by atoms with Crippen LogP contribution in [0, 0.1) is 0 Å². The Hall–Kier alpha value is -0.840. The van der Waals surface area contributed by atoms with Gasteiger partial charge in [0.25, 0.3) is 0 Å². The molecular formula is C11H9BrClNO2. The van der Waals surface area contributed by atoms with Crippen LogP contribution in [0.4, 0.5) is 0 Å². The monoisotopic (exact) mass is 301 g/mol. The molecule has 2 aromatic heterocycles. The lowest BCUT2D eigenvalue weighted by molar-refractivity contribution is 0.176. The van der Waals surface area contributed by atoms with E-state index in [0.717, 1.165) is 5.56 Å². The van der Waals surface area contributed by atoms with Crippen LogP contribution in [0.2, 0.25) is 5.02 Å². The molecule has 0 aliphatic carbocycles. The highest BCUT2D eigenvalue weighted by Gasteiger charge is 2.15. The fraction of sp³-hybridized carbons (Fsp3) is 0.182. The number of halogens is 2. The highest BCUT2D eigenvalue weighted by atomic mass is 79.9. The van der Waals surface area contributed by atoms with Crippen LogP contribution in [-0.2, 0) is 6.42 Å². The molecule has 1 unspecified atom stereocenters. The summed E-state index contributed by atoms with van der Waals surface area (Å²) in [6.45, 7) is 0. The summed E-state index contributed by atoms with van der Waals surface area (Å²) >= 11 is 9.19. The second-order valence-electron chi connectivity index (χ2n) is 3.34. The average molecular weight is 303 g/mol. The summed E-state index contributed by atoms with van der Waals surface area (Å²) in [7, 11) is 0. The van der Waals surface area contributed by atoms with Crippen LogP contribution in [0.5, 0.6) is 0 Å². The minimum Gasteiger partial charge on any atom is -0.457 e. The first kappa shape index (κ1) is 11.6. The van der Waals surface area contributed by atoms with Gasteiger partial charge in [-0.2, -0.15) is 0 Å². The second kappa shape index (κ2) is 4.99. The van der Waals surface area contributed by atoms with Gasteiger partial charge >= 0.3 is 0 Å². The molecule has 0 spiro atoms. The summed E-state index contributed by atoms with van der Waals surface area (Å²) < 4.78 is 5.61. The highest BCUT2D eigenvalue weighted by Crippen LogP contribution is 2.28. The normalized spacial score (nSPS) is 12.7. The molecule has 0 saturated carbocycles. The molecule has 1 atom stereocenters. The summed E-state index contributed by atoms with van der Waals surface area (Å²) in [5, 5.41) is 10.6. The van der Waals surface area contributed by atoms with Gasteiger partial charge in [-0.3, -0.25) is 4.98 Å². The fourth-order valence-electron chi connectivity index (χ4n) is 1.43. The van der Waals surface area contributed by atoms with Gasteiger partial charge in [-0.25, -0.2) is 0 Å². The summed E-state index contributed by atoms with van der Waals surface area (Å²) in [5.41, 5.74) is 1.57. The van der Waals surface area contributed by atoms with Crippen LogP contribution in [0.1, 0.15) is 17.2 Å². The number of hydrogen-bond acceptors (Lipinski definition) is 3. The summed E-state index contributed by atoms with van der Waals surface area (Å²) in [5.74, 6) is 0. The number of aliphatic hydroxyl groups is 1. The molecule has 2 aromatic rings. The summed E-state index contributed by atoms with van der Waals surface area (Å²) in [6.07, 6.45) is 4.52. The predicted molar refractivity (Wildman–Crippen MR) is 64.3 cm³/mol. The Bertz CT molecular complexity index is 486. The number of furan rings is 1. The van der Waals surface area contributed by atoms with Crippen molar-refractivity contribution in [2.45, 2.75) is 12.5 Å². The van der Waals surface area contributed by atoms with E-state index in [-0.39, 0.29) is 0 Å². The quantitative estimate of drug-likeness (QED) is 0.945. The lowest BCUT2D eigenvalue weighted by atomic mass is 10.1. The molecule has 3 nitrogen and oxygen atoms in total. The number of pyridine rings is 1. The molecule has 0 saturated heterocycles. The lowest BCUT2D eigenvalue weighted by Crippen LogP contribution is -2.01. The third kappa shape index (κ3) is 2.45. The van der Waals surface area contributed by atoms with Crippen LogP contribution in [0.3, 0.4) is 0 Å². The van der Waals surface area contributed by atoms with Crippen molar-refractivity contribution >= 4 is 27.5 Å². The lowest BCUT2D eigenvalue weighted by Gasteiger charge is -2.10. The van der Waals surface area contributed by atoms with E-state index in [1.165, 1.54) is 6.26 Å². The molecule has 1 N–H and O–H groups in total. The van der Waals surface area contributed by atoms with Gasteiger partial charge in [-0.15, -0.1) is 0 Å². The number of aromatic nitrogens is 1. The Morgan fingerprint density at radius 2 is 2.31 bits per heavy atom. The molecule has 0 amide bonds. The second-order valence-corrected chi connectivity index (χ2v) is 4.46.